The molecule has 9 heteroatoms. The Bertz CT molecular complexity index is 642. The molecule has 0 radical (unpaired) electrons. The number of primary amides is 1. The van der Waals surface area contributed by atoms with Crippen molar-refractivity contribution < 1.29 is 28.7 Å². The summed E-state index contributed by atoms with van der Waals surface area (Å²) in [6.07, 6.45) is -1.78. The lowest BCUT2D eigenvalue weighted by Gasteiger charge is -2.19. The number of nitrogens with one attached hydrogen (secondary N) is 2. The van der Waals surface area contributed by atoms with Crippen LogP contribution in [0.2, 0.25) is 0 Å². The van der Waals surface area contributed by atoms with Crippen molar-refractivity contribution in [3.05, 3.63) is 29.8 Å². The molecule has 1 aromatic carbocycles. The number of amides is 4. The first-order chi connectivity index (χ1) is 11.7. The summed E-state index contributed by atoms with van der Waals surface area (Å²) in [5.41, 5.74) is 5.50. The minimum Gasteiger partial charge on any atom is -0.450 e. The zero-order valence-electron chi connectivity index (χ0n) is 14.2. The summed E-state index contributed by atoms with van der Waals surface area (Å²) in [4.78, 5) is 46.1. The van der Waals surface area contributed by atoms with Gasteiger partial charge in [-0.1, -0.05) is 13.8 Å². The molecule has 1 unspecified atom stereocenters. The highest BCUT2D eigenvalue weighted by molar-refractivity contribution is 5.98. The molecular formula is C16H21N3O6. The number of anilines is 1. The van der Waals surface area contributed by atoms with Crippen LogP contribution in [-0.4, -0.2) is 36.7 Å². The van der Waals surface area contributed by atoms with Crippen LogP contribution in [-0.2, 0) is 14.3 Å². The van der Waals surface area contributed by atoms with Crippen LogP contribution in [0.4, 0.5) is 15.3 Å². The maximum absolute atomic E-state index is 12.2. The highest BCUT2D eigenvalue weighted by atomic mass is 16.6. The average molecular weight is 351 g/mol. The molecular weight excluding hydrogens is 330 g/mol. The third kappa shape index (κ3) is 6.50. The van der Waals surface area contributed by atoms with Crippen molar-refractivity contribution in [1.29, 1.82) is 0 Å². The molecule has 136 valence electrons. The first-order valence-corrected chi connectivity index (χ1v) is 7.59. The molecule has 0 aromatic heterocycles. The molecule has 1 aromatic rings. The highest BCUT2D eigenvalue weighted by Gasteiger charge is 2.27. The summed E-state index contributed by atoms with van der Waals surface area (Å²) >= 11 is 0. The van der Waals surface area contributed by atoms with Gasteiger partial charge in [0.25, 0.3) is 5.91 Å². The van der Waals surface area contributed by atoms with Crippen LogP contribution in [0.25, 0.3) is 0 Å². The molecule has 9 nitrogen and oxygen atoms in total. The Morgan fingerprint density at radius 1 is 1.12 bits per heavy atom. The number of carbonyl (C=O) groups is 4. The van der Waals surface area contributed by atoms with Crippen molar-refractivity contribution in [2.24, 2.45) is 11.7 Å². The maximum atomic E-state index is 12.2. The fourth-order valence-corrected chi connectivity index (χ4v) is 1.84. The second-order valence-corrected chi connectivity index (χ2v) is 5.35. The normalized spacial score (nSPS) is 11.4. The molecule has 0 saturated heterocycles. The number of esters is 1. The minimum absolute atomic E-state index is 0.173. The quantitative estimate of drug-likeness (QED) is 0.666. The Kier molecular flexibility index (Phi) is 7.39. The van der Waals surface area contributed by atoms with E-state index < -0.39 is 30.1 Å². The Morgan fingerprint density at radius 2 is 1.72 bits per heavy atom. The van der Waals surface area contributed by atoms with Gasteiger partial charge < -0.3 is 15.2 Å². The van der Waals surface area contributed by atoms with Gasteiger partial charge in [-0.15, -0.1) is 0 Å². The van der Waals surface area contributed by atoms with E-state index in [1.54, 1.807) is 20.8 Å². The Hall–Kier alpha value is -3.10. The van der Waals surface area contributed by atoms with E-state index in [1.807, 2.05) is 5.32 Å². The van der Waals surface area contributed by atoms with E-state index in [0.717, 1.165) is 0 Å². The summed E-state index contributed by atoms with van der Waals surface area (Å²) in [5.74, 6) is -1.91. The molecule has 4 N–H and O–H groups in total. The number of hydrogen-bond donors (Lipinski definition) is 3. The first kappa shape index (κ1) is 19.9. The smallest absolute Gasteiger partial charge is 0.411 e. The second-order valence-electron chi connectivity index (χ2n) is 5.35. The van der Waals surface area contributed by atoms with Crippen LogP contribution in [0.15, 0.2) is 24.3 Å². The molecule has 0 fully saturated rings. The van der Waals surface area contributed by atoms with E-state index in [-0.39, 0.29) is 18.1 Å². The van der Waals surface area contributed by atoms with Crippen LogP contribution in [0, 0.1) is 5.92 Å². The van der Waals surface area contributed by atoms with Gasteiger partial charge >= 0.3 is 18.1 Å². The van der Waals surface area contributed by atoms with Crippen molar-refractivity contribution in [1.82, 2.24) is 5.32 Å². The second kappa shape index (κ2) is 9.26. The fourth-order valence-electron chi connectivity index (χ4n) is 1.84. The van der Waals surface area contributed by atoms with Crippen molar-refractivity contribution in [2.75, 3.05) is 11.9 Å². The summed E-state index contributed by atoms with van der Waals surface area (Å²) in [7, 11) is 0. The van der Waals surface area contributed by atoms with E-state index in [0.29, 0.717) is 5.69 Å². The number of urea groups is 1. The van der Waals surface area contributed by atoms with Crippen LogP contribution in [0.5, 0.6) is 0 Å². The molecule has 1 rings (SSSR count). The minimum atomic E-state index is -1.17. The Morgan fingerprint density at radius 3 is 2.20 bits per heavy atom. The van der Waals surface area contributed by atoms with Gasteiger partial charge in [-0.2, -0.15) is 0 Å². The highest BCUT2D eigenvalue weighted by Crippen LogP contribution is 2.14. The van der Waals surface area contributed by atoms with Crippen molar-refractivity contribution in [3.8, 4) is 0 Å². The number of hydrogen-bond acceptors (Lipinski definition) is 6. The SMILES string of the molecule is CCOC(=O)Nc1ccc(C(=O)OC(C(=O)NC(N)=O)C(C)C)cc1. The number of rotatable bonds is 6. The van der Waals surface area contributed by atoms with Crippen molar-refractivity contribution in [3.63, 3.8) is 0 Å². The number of ether oxygens (including phenoxy) is 2. The molecule has 1 atom stereocenters. The van der Waals surface area contributed by atoms with Gasteiger partial charge in [-0.05, 0) is 37.1 Å². The first-order valence-electron chi connectivity index (χ1n) is 7.59. The molecule has 4 amide bonds. The molecule has 25 heavy (non-hydrogen) atoms. The van der Waals surface area contributed by atoms with Crippen molar-refractivity contribution >= 4 is 29.7 Å². The number of carbonyl (C=O) groups excluding carboxylic acids is 4. The molecule has 0 aliphatic carbocycles. The molecule has 0 spiro atoms. The predicted molar refractivity (Wildman–Crippen MR) is 88.9 cm³/mol. The fraction of sp³-hybridized carbons (Fsp3) is 0.375. The monoisotopic (exact) mass is 351 g/mol. The lowest BCUT2D eigenvalue weighted by Crippen LogP contribution is -2.45. The van der Waals surface area contributed by atoms with Gasteiger partial charge in [-0.3, -0.25) is 15.4 Å². The van der Waals surface area contributed by atoms with E-state index in [4.69, 9.17) is 15.2 Å². The Labute approximate surface area is 144 Å². The van der Waals surface area contributed by atoms with E-state index in [9.17, 15) is 19.2 Å². The van der Waals surface area contributed by atoms with Crippen LogP contribution in [0.3, 0.4) is 0 Å². The largest absolute Gasteiger partial charge is 0.450 e. The van der Waals surface area contributed by atoms with E-state index in [1.165, 1.54) is 24.3 Å². The van der Waals surface area contributed by atoms with Crippen LogP contribution < -0.4 is 16.4 Å². The summed E-state index contributed by atoms with van der Waals surface area (Å²) < 4.78 is 9.89. The van der Waals surface area contributed by atoms with Gasteiger partial charge in [0.05, 0.1) is 12.2 Å². The molecule has 0 saturated carbocycles. The van der Waals surface area contributed by atoms with Gasteiger partial charge in [0.15, 0.2) is 6.10 Å². The predicted octanol–water partition coefficient (Wildman–Crippen LogP) is 1.63. The number of imide groups is 1. The summed E-state index contributed by atoms with van der Waals surface area (Å²) in [5, 5.41) is 4.36. The summed E-state index contributed by atoms with van der Waals surface area (Å²) in [6, 6.07) is 4.80. The maximum Gasteiger partial charge on any atom is 0.411 e. The number of benzene rings is 1. The summed E-state index contributed by atoms with van der Waals surface area (Å²) in [6.45, 7) is 5.23. The topological polar surface area (TPSA) is 137 Å². The number of nitrogens with two attached hydrogens (primary N) is 1. The Balaban J connectivity index is 2.76. The lowest BCUT2D eigenvalue weighted by atomic mass is 10.1. The van der Waals surface area contributed by atoms with Crippen LogP contribution in [0.1, 0.15) is 31.1 Å². The van der Waals surface area contributed by atoms with Crippen LogP contribution >= 0.6 is 0 Å². The molecule has 0 heterocycles. The lowest BCUT2D eigenvalue weighted by molar-refractivity contribution is -0.130. The van der Waals surface area contributed by atoms with Gasteiger partial charge in [0, 0.05) is 5.69 Å². The average Bonchev–Trinajstić information content (AvgIpc) is 2.52. The third-order valence-electron chi connectivity index (χ3n) is 2.99. The van der Waals surface area contributed by atoms with Gasteiger partial charge in [0.2, 0.25) is 0 Å². The zero-order valence-corrected chi connectivity index (χ0v) is 14.2. The third-order valence-corrected chi connectivity index (χ3v) is 2.99. The van der Waals surface area contributed by atoms with Gasteiger partial charge in [-0.25, -0.2) is 14.4 Å². The molecule has 0 bridgehead atoms. The molecule has 0 aliphatic rings. The van der Waals surface area contributed by atoms with Gasteiger partial charge in [0.1, 0.15) is 0 Å². The van der Waals surface area contributed by atoms with Crippen molar-refractivity contribution in [2.45, 2.75) is 26.9 Å². The standard InChI is InChI=1S/C16H21N3O6/c1-4-24-16(23)18-11-7-5-10(6-8-11)14(21)25-12(9(2)3)13(20)19-15(17)22/h5-9,12H,4H2,1-3H3,(H,18,23)(H3,17,19,20,22). The molecule has 0 aliphatic heterocycles. The van der Waals surface area contributed by atoms with E-state index in [2.05, 4.69) is 5.32 Å². The zero-order chi connectivity index (χ0) is 19.0. The van der Waals surface area contributed by atoms with E-state index >= 15 is 0 Å².